The predicted molar refractivity (Wildman–Crippen MR) is 72.8 cm³/mol. The van der Waals surface area contributed by atoms with Gasteiger partial charge in [-0.1, -0.05) is 20.8 Å². The van der Waals surface area contributed by atoms with Gasteiger partial charge in [0.15, 0.2) is 0 Å². The summed E-state index contributed by atoms with van der Waals surface area (Å²) in [7, 11) is 0. The molecule has 5 nitrogen and oxygen atoms in total. The molecule has 5 heteroatoms. The number of hydrogen-bond acceptors (Lipinski definition) is 4. The minimum atomic E-state index is -0.703. The van der Waals surface area contributed by atoms with Gasteiger partial charge in [0.2, 0.25) is 0 Å². The molecule has 0 amide bonds. The molecule has 1 aromatic heterocycles. The highest BCUT2D eigenvalue weighted by molar-refractivity contribution is 4.97. The largest absolute Gasteiger partial charge is 0.389 e. The van der Waals surface area contributed by atoms with Crippen LogP contribution in [0.2, 0.25) is 0 Å². The highest BCUT2D eigenvalue weighted by Crippen LogP contribution is 2.31. The monoisotopic (exact) mass is 267 g/mol. The van der Waals surface area contributed by atoms with Crippen LogP contribution in [0.15, 0.2) is 6.33 Å². The molecule has 0 aromatic carbocycles. The lowest BCUT2D eigenvalue weighted by Gasteiger charge is -2.38. The van der Waals surface area contributed by atoms with Crippen LogP contribution in [-0.2, 0) is 17.7 Å². The number of rotatable bonds is 5. The van der Waals surface area contributed by atoms with Gasteiger partial charge in [-0.05, 0) is 12.3 Å². The van der Waals surface area contributed by atoms with Crippen molar-refractivity contribution in [2.75, 3.05) is 6.61 Å². The minimum absolute atomic E-state index is 0.140. The fourth-order valence-electron chi connectivity index (χ4n) is 2.64. The maximum atomic E-state index is 10.8. The molecular weight excluding hydrogens is 242 g/mol. The Bertz CT molecular complexity index is 405. The van der Waals surface area contributed by atoms with Gasteiger partial charge >= 0.3 is 0 Å². The maximum absolute atomic E-state index is 10.8. The lowest BCUT2D eigenvalue weighted by atomic mass is 9.84. The molecule has 0 bridgehead atoms. The normalized spacial score (nSPS) is 27.9. The van der Waals surface area contributed by atoms with E-state index in [-0.39, 0.29) is 6.10 Å². The average Bonchev–Trinajstić information content (AvgIpc) is 2.76. The molecule has 1 aliphatic heterocycles. The Labute approximate surface area is 115 Å². The second-order valence-corrected chi connectivity index (χ2v) is 5.91. The van der Waals surface area contributed by atoms with Gasteiger partial charge in [-0.3, -0.25) is 4.68 Å². The third-order valence-corrected chi connectivity index (χ3v) is 3.84. The second kappa shape index (κ2) is 6.01. The van der Waals surface area contributed by atoms with Gasteiger partial charge in [-0.2, -0.15) is 5.10 Å². The van der Waals surface area contributed by atoms with E-state index < -0.39 is 5.60 Å². The highest BCUT2D eigenvalue weighted by atomic mass is 16.5. The summed E-state index contributed by atoms with van der Waals surface area (Å²) in [5, 5.41) is 15.0. The average molecular weight is 267 g/mol. The maximum Gasteiger partial charge on any atom is 0.138 e. The molecule has 0 saturated carbocycles. The van der Waals surface area contributed by atoms with E-state index in [0.717, 1.165) is 18.8 Å². The quantitative estimate of drug-likeness (QED) is 0.883. The van der Waals surface area contributed by atoms with Crippen molar-refractivity contribution in [1.82, 2.24) is 14.8 Å². The predicted octanol–water partition coefficient (Wildman–Crippen LogP) is 1.80. The van der Waals surface area contributed by atoms with Crippen LogP contribution in [0.3, 0.4) is 0 Å². The first-order chi connectivity index (χ1) is 9.04. The van der Waals surface area contributed by atoms with Crippen LogP contribution >= 0.6 is 0 Å². The van der Waals surface area contributed by atoms with Crippen LogP contribution in [-0.4, -0.2) is 38.2 Å². The van der Waals surface area contributed by atoms with Crippen LogP contribution in [0.5, 0.6) is 0 Å². The first-order valence-electron chi connectivity index (χ1n) is 7.25. The molecule has 2 rings (SSSR count). The Morgan fingerprint density at radius 3 is 3.05 bits per heavy atom. The van der Waals surface area contributed by atoms with E-state index in [2.05, 4.69) is 30.9 Å². The summed E-state index contributed by atoms with van der Waals surface area (Å²) in [6.07, 6.45) is 4.67. The third kappa shape index (κ3) is 3.54. The van der Waals surface area contributed by atoms with Gasteiger partial charge in [0, 0.05) is 32.4 Å². The number of ether oxygens (including phenoxy) is 1. The van der Waals surface area contributed by atoms with Crippen LogP contribution in [0.25, 0.3) is 0 Å². The minimum Gasteiger partial charge on any atom is -0.389 e. The zero-order valence-corrected chi connectivity index (χ0v) is 12.2. The smallest absolute Gasteiger partial charge is 0.138 e. The summed E-state index contributed by atoms with van der Waals surface area (Å²) in [5.74, 6) is 1.31. The molecule has 2 heterocycles. The van der Waals surface area contributed by atoms with E-state index >= 15 is 0 Å². The van der Waals surface area contributed by atoms with E-state index in [1.807, 2.05) is 4.68 Å². The Hall–Kier alpha value is -0.940. The summed E-state index contributed by atoms with van der Waals surface area (Å²) >= 11 is 0. The second-order valence-electron chi connectivity index (χ2n) is 5.91. The molecule has 0 radical (unpaired) electrons. The molecule has 2 atom stereocenters. The van der Waals surface area contributed by atoms with Crippen LogP contribution in [0.4, 0.5) is 0 Å². The third-order valence-electron chi connectivity index (χ3n) is 3.84. The van der Waals surface area contributed by atoms with Gasteiger partial charge < -0.3 is 9.84 Å². The standard InChI is InChI=1S/C14H25N3O2/c1-4-6-17-13(15-10-16-17)9-14(18)5-7-19-12(8-14)11(2)3/h10-12,18H,4-9H2,1-3H3. The van der Waals surface area contributed by atoms with Gasteiger partial charge in [0.1, 0.15) is 12.2 Å². The molecule has 2 unspecified atom stereocenters. The van der Waals surface area contributed by atoms with E-state index in [9.17, 15) is 5.11 Å². The molecule has 1 saturated heterocycles. The van der Waals surface area contributed by atoms with E-state index in [0.29, 0.717) is 31.8 Å². The lowest BCUT2D eigenvalue weighted by molar-refractivity contribution is -0.117. The van der Waals surface area contributed by atoms with Gasteiger partial charge in [-0.15, -0.1) is 0 Å². The van der Waals surface area contributed by atoms with Crippen LogP contribution in [0.1, 0.15) is 45.9 Å². The molecule has 1 fully saturated rings. The number of aliphatic hydroxyl groups is 1. The highest BCUT2D eigenvalue weighted by Gasteiger charge is 2.37. The van der Waals surface area contributed by atoms with Crippen molar-refractivity contribution >= 4 is 0 Å². The Morgan fingerprint density at radius 2 is 2.37 bits per heavy atom. The van der Waals surface area contributed by atoms with Crippen LogP contribution < -0.4 is 0 Å². The van der Waals surface area contributed by atoms with Crippen molar-refractivity contribution < 1.29 is 9.84 Å². The Balaban J connectivity index is 2.05. The fourth-order valence-corrected chi connectivity index (χ4v) is 2.64. The molecule has 0 aliphatic carbocycles. The summed E-state index contributed by atoms with van der Waals surface area (Å²) in [5.41, 5.74) is -0.703. The van der Waals surface area contributed by atoms with Crippen molar-refractivity contribution in [1.29, 1.82) is 0 Å². The molecule has 0 spiro atoms. The lowest BCUT2D eigenvalue weighted by Crippen LogP contribution is -2.44. The zero-order valence-electron chi connectivity index (χ0n) is 12.2. The SMILES string of the molecule is CCCn1ncnc1CC1(O)CCOC(C(C)C)C1. The molecule has 1 aliphatic rings. The van der Waals surface area contributed by atoms with Gasteiger partial charge in [-0.25, -0.2) is 4.98 Å². The molecule has 19 heavy (non-hydrogen) atoms. The first kappa shape index (κ1) is 14.5. The molecule has 1 N–H and O–H groups in total. The van der Waals surface area contributed by atoms with Crippen molar-refractivity contribution in [2.45, 2.75) is 64.7 Å². The first-order valence-corrected chi connectivity index (χ1v) is 7.25. The Morgan fingerprint density at radius 1 is 1.58 bits per heavy atom. The number of aromatic nitrogens is 3. The summed E-state index contributed by atoms with van der Waals surface area (Å²) < 4.78 is 7.63. The fraction of sp³-hybridized carbons (Fsp3) is 0.857. The van der Waals surface area contributed by atoms with E-state index in [4.69, 9.17) is 4.74 Å². The van der Waals surface area contributed by atoms with Crippen molar-refractivity contribution in [3.05, 3.63) is 12.2 Å². The number of nitrogens with zero attached hydrogens (tertiary/aromatic N) is 3. The van der Waals surface area contributed by atoms with Crippen molar-refractivity contribution in [3.8, 4) is 0 Å². The molecule has 1 aromatic rings. The Kier molecular flexibility index (Phi) is 4.58. The summed E-state index contributed by atoms with van der Waals surface area (Å²) in [6, 6.07) is 0. The number of aryl methyl sites for hydroxylation is 1. The zero-order chi connectivity index (χ0) is 13.9. The summed E-state index contributed by atoms with van der Waals surface area (Å²) in [6.45, 7) is 7.87. The van der Waals surface area contributed by atoms with Gasteiger partial charge in [0.05, 0.1) is 11.7 Å². The van der Waals surface area contributed by atoms with E-state index in [1.165, 1.54) is 0 Å². The molecule has 108 valence electrons. The topological polar surface area (TPSA) is 60.2 Å². The summed E-state index contributed by atoms with van der Waals surface area (Å²) in [4.78, 5) is 4.30. The molecular formula is C14H25N3O2. The van der Waals surface area contributed by atoms with E-state index in [1.54, 1.807) is 6.33 Å². The van der Waals surface area contributed by atoms with Crippen molar-refractivity contribution in [3.63, 3.8) is 0 Å². The number of hydrogen-bond donors (Lipinski definition) is 1. The van der Waals surface area contributed by atoms with Gasteiger partial charge in [0.25, 0.3) is 0 Å². The van der Waals surface area contributed by atoms with Crippen LogP contribution in [0, 0.1) is 5.92 Å². The van der Waals surface area contributed by atoms with Crippen molar-refractivity contribution in [2.24, 2.45) is 5.92 Å².